The van der Waals surface area contributed by atoms with E-state index in [1.807, 2.05) is 6.92 Å². The van der Waals surface area contributed by atoms with E-state index in [1.54, 1.807) is 0 Å². The number of hydrogen-bond acceptors (Lipinski definition) is 6. The molecule has 0 aliphatic carbocycles. The second-order valence-corrected chi connectivity index (χ2v) is 5.02. The van der Waals surface area contributed by atoms with E-state index in [1.165, 1.54) is 19.3 Å². The fraction of sp³-hybridized carbons (Fsp3) is 0.769. The summed E-state index contributed by atoms with van der Waals surface area (Å²) in [5, 5.41) is 0. The summed E-state index contributed by atoms with van der Waals surface area (Å²) in [6.45, 7) is 5.82. The van der Waals surface area contributed by atoms with Crippen LogP contribution in [0.5, 0.6) is 6.01 Å². The third-order valence-electron chi connectivity index (χ3n) is 3.37. The lowest BCUT2D eigenvalue weighted by Crippen LogP contribution is -2.34. The van der Waals surface area contributed by atoms with Crippen molar-refractivity contribution < 1.29 is 4.74 Å². The van der Waals surface area contributed by atoms with Gasteiger partial charge < -0.3 is 15.4 Å². The highest BCUT2D eigenvalue weighted by atomic mass is 16.5. The standard InChI is InChI=1S/C13H23N5O/c1-3-9-19-13-16-11(14)15-12(17-13)18-8-6-4-5-7-10(18)2/h10H,3-9H2,1-2H3,(H2,14,15,16,17). The molecule has 0 radical (unpaired) electrons. The van der Waals surface area contributed by atoms with Gasteiger partial charge in [0.05, 0.1) is 6.61 Å². The summed E-state index contributed by atoms with van der Waals surface area (Å²) in [7, 11) is 0. The minimum absolute atomic E-state index is 0.229. The summed E-state index contributed by atoms with van der Waals surface area (Å²) >= 11 is 0. The highest BCUT2D eigenvalue weighted by Crippen LogP contribution is 2.22. The zero-order valence-corrected chi connectivity index (χ0v) is 11.8. The van der Waals surface area contributed by atoms with Gasteiger partial charge in [-0.1, -0.05) is 19.8 Å². The van der Waals surface area contributed by atoms with Crippen molar-refractivity contribution in [2.75, 3.05) is 23.8 Å². The molecule has 2 N–H and O–H groups in total. The molecular formula is C13H23N5O. The number of hydrogen-bond donors (Lipinski definition) is 1. The molecule has 1 aromatic rings. The van der Waals surface area contributed by atoms with E-state index in [4.69, 9.17) is 10.5 Å². The first-order valence-electron chi connectivity index (χ1n) is 7.11. The van der Waals surface area contributed by atoms with Gasteiger partial charge in [-0.3, -0.25) is 0 Å². The topological polar surface area (TPSA) is 77.2 Å². The predicted molar refractivity (Wildman–Crippen MR) is 75.3 cm³/mol. The molecule has 6 heteroatoms. The number of rotatable bonds is 4. The van der Waals surface area contributed by atoms with Crippen LogP contribution in [0.3, 0.4) is 0 Å². The molecule has 1 fully saturated rings. The Labute approximate surface area is 114 Å². The van der Waals surface area contributed by atoms with Crippen LogP contribution in [0, 0.1) is 0 Å². The molecule has 1 unspecified atom stereocenters. The van der Waals surface area contributed by atoms with Gasteiger partial charge in [0.15, 0.2) is 0 Å². The van der Waals surface area contributed by atoms with E-state index in [9.17, 15) is 0 Å². The number of nitrogens with two attached hydrogens (primary N) is 1. The Morgan fingerprint density at radius 1 is 1.26 bits per heavy atom. The van der Waals surface area contributed by atoms with Gasteiger partial charge in [-0.15, -0.1) is 0 Å². The normalized spacial score (nSPS) is 20.1. The number of aromatic nitrogens is 3. The van der Waals surface area contributed by atoms with Gasteiger partial charge in [-0.25, -0.2) is 0 Å². The van der Waals surface area contributed by atoms with Gasteiger partial charge in [0.1, 0.15) is 0 Å². The average Bonchev–Trinajstić information content (AvgIpc) is 2.60. The van der Waals surface area contributed by atoms with Crippen LogP contribution in [0.4, 0.5) is 11.9 Å². The summed E-state index contributed by atoms with van der Waals surface area (Å²) in [6.07, 6.45) is 5.77. The Morgan fingerprint density at radius 2 is 2.11 bits per heavy atom. The second kappa shape index (κ2) is 6.54. The Morgan fingerprint density at radius 3 is 2.89 bits per heavy atom. The van der Waals surface area contributed by atoms with E-state index < -0.39 is 0 Å². The maximum Gasteiger partial charge on any atom is 0.323 e. The van der Waals surface area contributed by atoms with Crippen molar-refractivity contribution in [1.29, 1.82) is 0 Å². The van der Waals surface area contributed by atoms with Crippen molar-refractivity contribution in [3.63, 3.8) is 0 Å². The van der Waals surface area contributed by atoms with E-state index in [2.05, 4.69) is 26.8 Å². The van der Waals surface area contributed by atoms with Gasteiger partial charge >= 0.3 is 6.01 Å². The molecule has 0 aromatic carbocycles. The Hall–Kier alpha value is -1.59. The lowest BCUT2D eigenvalue weighted by atomic mass is 10.1. The van der Waals surface area contributed by atoms with Crippen LogP contribution in [0.2, 0.25) is 0 Å². The van der Waals surface area contributed by atoms with Crippen LogP contribution < -0.4 is 15.4 Å². The van der Waals surface area contributed by atoms with E-state index in [0.29, 0.717) is 24.6 Å². The highest BCUT2D eigenvalue weighted by Gasteiger charge is 2.21. The van der Waals surface area contributed by atoms with Gasteiger partial charge in [-0.2, -0.15) is 15.0 Å². The van der Waals surface area contributed by atoms with Gasteiger partial charge in [0.2, 0.25) is 11.9 Å². The maximum absolute atomic E-state index is 5.75. The van der Waals surface area contributed by atoms with E-state index in [-0.39, 0.29) is 5.95 Å². The van der Waals surface area contributed by atoms with Crippen LogP contribution in [0.15, 0.2) is 0 Å². The minimum atomic E-state index is 0.229. The largest absolute Gasteiger partial charge is 0.463 e. The second-order valence-electron chi connectivity index (χ2n) is 5.02. The molecule has 2 heterocycles. The Bertz CT molecular complexity index is 412. The fourth-order valence-corrected chi connectivity index (χ4v) is 2.32. The molecule has 2 rings (SSSR count). The zero-order chi connectivity index (χ0) is 13.7. The number of nitrogens with zero attached hydrogens (tertiary/aromatic N) is 4. The molecule has 1 saturated heterocycles. The fourth-order valence-electron chi connectivity index (χ4n) is 2.32. The lowest BCUT2D eigenvalue weighted by Gasteiger charge is -2.27. The van der Waals surface area contributed by atoms with Crippen molar-refractivity contribution >= 4 is 11.9 Å². The SMILES string of the molecule is CCCOc1nc(N)nc(N2CCCCCC2C)n1. The first-order valence-corrected chi connectivity index (χ1v) is 7.11. The van der Waals surface area contributed by atoms with Crippen molar-refractivity contribution in [3.8, 4) is 6.01 Å². The molecule has 1 aromatic heterocycles. The van der Waals surface area contributed by atoms with Crippen molar-refractivity contribution in [2.24, 2.45) is 0 Å². The third kappa shape index (κ3) is 3.68. The lowest BCUT2D eigenvalue weighted by molar-refractivity contribution is 0.291. The van der Waals surface area contributed by atoms with Gasteiger partial charge in [-0.05, 0) is 26.2 Å². The van der Waals surface area contributed by atoms with E-state index in [0.717, 1.165) is 19.4 Å². The van der Waals surface area contributed by atoms with Crippen molar-refractivity contribution in [2.45, 2.75) is 52.0 Å². The highest BCUT2D eigenvalue weighted by molar-refractivity contribution is 5.37. The minimum Gasteiger partial charge on any atom is -0.463 e. The molecule has 106 valence electrons. The molecule has 19 heavy (non-hydrogen) atoms. The molecule has 1 atom stereocenters. The first-order chi connectivity index (χ1) is 9.20. The monoisotopic (exact) mass is 265 g/mol. The average molecular weight is 265 g/mol. The van der Waals surface area contributed by atoms with Crippen molar-refractivity contribution in [1.82, 2.24) is 15.0 Å². The summed E-state index contributed by atoms with van der Waals surface area (Å²) < 4.78 is 5.47. The summed E-state index contributed by atoms with van der Waals surface area (Å²) in [5.74, 6) is 0.876. The summed E-state index contributed by atoms with van der Waals surface area (Å²) in [6, 6.07) is 0.768. The van der Waals surface area contributed by atoms with E-state index >= 15 is 0 Å². The Balaban J connectivity index is 2.19. The van der Waals surface area contributed by atoms with Crippen LogP contribution in [-0.2, 0) is 0 Å². The molecule has 0 saturated carbocycles. The summed E-state index contributed by atoms with van der Waals surface area (Å²) in [4.78, 5) is 14.9. The molecular weight excluding hydrogens is 242 g/mol. The Kier molecular flexibility index (Phi) is 4.76. The first kappa shape index (κ1) is 13.8. The number of nitrogen functional groups attached to an aromatic ring is 1. The smallest absolute Gasteiger partial charge is 0.323 e. The molecule has 6 nitrogen and oxygen atoms in total. The van der Waals surface area contributed by atoms with Crippen LogP contribution in [0.1, 0.15) is 46.0 Å². The quantitative estimate of drug-likeness (QED) is 0.897. The van der Waals surface area contributed by atoms with Crippen LogP contribution in [0.25, 0.3) is 0 Å². The molecule has 0 bridgehead atoms. The molecule has 0 spiro atoms. The molecule has 1 aliphatic rings. The zero-order valence-electron chi connectivity index (χ0n) is 11.8. The summed E-state index contributed by atoms with van der Waals surface area (Å²) in [5.41, 5.74) is 5.75. The molecule has 1 aliphatic heterocycles. The predicted octanol–water partition coefficient (Wildman–Crippen LogP) is 2.01. The number of ether oxygens (including phenoxy) is 1. The van der Waals surface area contributed by atoms with Gasteiger partial charge in [0, 0.05) is 12.6 Å². The van der Waals surface area contributed by atoms with Crippen LogP contribution >= 0.6 is 0 Å². The van der Waals surface area contributed by atoms with Crippen molar-refractivity contribution in [3.05, 3.63) is 0 Å². The maximum atomic E-state index is 5.75. The third-order valence-corrected chi connectivity index (χ3v) is 3.37. The number of anilines is 2. The van der Waals surface area contributed by atoms with Crippen LogP contribution in [-0.4, -0.2) is 34.1 Å². The van der Waals surface area contributed by atoms with Gasteiger partial charge in [0.25, 0.3) is 0 Å². The molecule has 0 amide bonds.